The van der Waals surface area contributed by atoms with Crippen molar-refractivity contribution in [3.63, 3.8) is 0 Å². The van der Waals surface area contributed by atoms with Crippen LogP contribution in [-0.2, 0) is 14.4 Å². The summed E-state index contributed by atoms with van der Waals surface area (Å²) in [6.45, 7) is 3.30. The van der Waals surface area contributed by atoms with Crippen molar-refractivity contribution in [2.75, 3.05) is 6.54 Å². The van der Waals surface area contributed by atoms with Crippen molar-refractivity contribution >= 4 is 17.7 Å². The van der Waals surface area contributed by atoms with Gasteiger partial charge in [-0.1, -0.05) is 0 Å². The minimum Gasteiger partial charge on any atom is -0.328 e. The Hall–Kier alpha value is -1.43. The predicted molar refractivity (Wildman–Crippen MR) is 73.5 cm³/mol. The Morgan fingerprint density at radius 3 is 2.50 bits per heavy atom. The molecular formula is C14H23N3O3. The fourth-order valence-corrected chi connectivity index (χ4v) is 2.93. The van der Waals surface area contributed by atoms with Crippen LogP contribution in [0.2, 0.25) is 0 Å². The van der Waals surface area contributed by atoms with Crippen LogP contribution in [0.3, 0.4) is 0 Å². The van der Waals surface area contributed by atoms with Crippen LogP contribution < -0.4 is 11.1 Å². The van der Waals surface area contributed by atoms with E-state index >= 15 is 0 Å². The maximum Gasteiger partial charge on any atom is 0.252 e. The molecule has 0 unspecified atom stereocenters. The number of amides is 3. The Bertz CT molecular complexity index is 425. The number of carbonyl (C=O) groups excluding carboxylic acids is 3. The Labute approximate surface area is 119 Å². The topological polar surface area (TPSA) is 92.5 Å². The lowest BCUT2D eigenvalue weighted by Gasteiger charge is -2.41. The molecule has 2 rings (SSSR count). The third kappa shape index (κ3) is 3.00. The van der Waals surface area contributed by atoms with Gasteiger partial charge in [0.1, 0.15) is 12.1 Å². The molecule has 0 aromatic heterocycles. The molecule has 3 N–H and O–H groups in total. The first-order chi connectivity index (χ1) is 9.30. The van der Waals surface area contributed by atoms with Crippen LogP contribution in [0.25, 0.3) is 0 Å². The van der Waals surface area contributed by atoms with Gasteiger partial charge in [-0.3, -0.25) is 19.7 Å². The van der Waals surface area contributed by atoms with Gasteiger partial charge >= 0.3 is 0 Å². The zero-order valence-electron chi connectivity index (χ0n) is 12.1. The highest BCUT2D eigenvalue weighted by Crippen LogP contribution is 2.28. The lowest BCUT2D eigenvalue weighted by molar-refractivity contribution is -0.156. The summed E-state index contributed by atoms with van der Waals surface area (Å²) in [5.74, 6) is -0.613. The molecule has 2 fully saturated rings. The van der Waals surface area contributed by atoms with Crippen molar-refractivity contribution in [3.05, 3.63) is 0 Å². The molecule has 112 valence electrons. The normalized spacial score (nSPS) is 30.1. The number of rotatable bonds is 2. The second-order valence-electron chi connectivity index (χ2n) is 6.40. The molecule has 1 aliphatic carbocycles. The SMILES string of the molecule is CC1(C)C(=O)NC(=O)CN1C(=O)CC1CCC(N)CC1. The Balaban J connectivity index is 2.00. The highest BCUT2D eigenvalue weighted by atomic mass is 16.2. The van der Waals surface area contributed by atoms with Crippen molar-refractivity contribution in [3.8, 4) is 0 Å². The van der Waals surface area contributed by atoms with Gasteiger partial charge in [0.15, 0.2) is 0 Å². The highest BCUT2D eigenvalue weighted by molar-refractivity contribution is 6.06. The first-order valence-electron chi connectivity index (χ1n) is 7.21. The number of hydrogen-bond donors (Lipinski definition) is 2. The minimum absolute atomic E-state index is 0.0379. The number of hydrogen-bond acceptors (Lipinski definition) is 4. The average molecular weight is 281 g/mol. The molecule has 6 nitrogen and oxygen atoms in total. The van der Waals surface area contributed by atoms with Gasteiger partial charge in [0.05, 0.1) is 0 Å². The number of imide groups is 1. The summed E-state index contributed by atoms with van der Waals surface area (Å²) < 4.78 is 0. The van der Waals surface area contributed by atoms with Crippen molar-refractivity contribution < 1.29 is 14.4 Å². The predicted octanol–water partition coefficient (Wildman–Crippen LogP) is 0.158. The molecular weight excluding hydrogens is 258 g/mol. The van der Waals surface area contributed by atoms with Gasteiger partial charge in [-0.15, -0.1) is 0 Å². The summed E-state index contributed by atoms with van der Waals surface area (Å²) >= 11 is 0. The maximum absolute atomic E-state index is 12.4. The summed E-state index contributed by atoms with van der Waals surface area (Å²) in [6.07, 6.45) is 4.18. The monoisotopic (exact) mass is 281 g/mol. The van der Waals surface area contributed by atoms with Crippen molar-refractivity contribution in [1.29, 1.82) is 0 Å². The van der Waals surface area contributed by atoms with Crippen LogP contribution in [0.5, 0.6) is 0 Å². The summed E-state index contributed by atoms with van der Waals surface area (Å²) in [4.78, 5) is 37.1. The van der Waals surface area contributed by atoms with Crippen LogP contribution in [0.15, 0.2) is 0 Å². The maximum atomic E-state index is 12.4. The van der Waals surface area contributed by atoms with Gasteiger partial charge in [0, 0.05) is 12.5 Å². The van der Waals surface area contributed by atoms with Gasteiger partial charge in [-0.2, -0.15) is 0 Å². The van der Waals surface area contributed by atoms with Crippen LogP contribution in [-0.4, -0.2) is 40.7 Å². The van der Waals surface area contributed by atoms with Crippen molar-refractivity contribution in [2.45, 2.75) is 57.5 Å². The molecule has 1 saturated heterocycles. The van der Waals surface area contributed by atoms with E-state index in [9.17, 15) is 14.4 Å². The molecule has 0 atom stereocenters. The van der Waals surface area contributed by atoms with Crippen molar-refractivity contribution in [1.82, 2.24) is 10.2 Å². The van der Waals surface area contributed by atoms with E-state index in [-0.39, 0.29) is 18.5 Å². The molecule has 0 spiro atoms. The lowest BCUT2D eigenvalue weighted by atomic mass is 9.83. The Morgan fingerprint density at radius 1 is 1.30 bits per heavy atom. The van der Waals surface area contributed by atoms with Crippen LogP contribution in [0, 0.1) is 5.92 Å². The lowest BCUT2D eigenvalue weighted by Crippen LogP contribution is -2.65. The molecule has 1 aliphatic heterocycles. The highest BCUT2D eigenvalue weighted by Gasteiger charge is 2.43. The molecule has 0 aromatic rings. The number of nitrogens with two attached hydrogens (primary N) is 1. The zero-order chi connectivity index (χ0) is 14.9. The third-order valence-electron chi connectivity index (χ3n) is 4.44. The average Bonchev–Trinajstić information content (AvgIpc) is 2.37. The van der Waals surface area contributed by atoms with Crippen LogP contribution in [0.4, 0.5) is 0 Å². The molecule has 2 aliphatic rings. The molecule has 0 radical (unpaired) electrons. The van der Waals surface area contributed by atoms with E-state index < -0.39 is 17.4 Å². The Kier molecular flexibility index (Phi) is 4.13. The van der Waals surface area contributed by atoms with Crippen molar-refractivity contribution in [2.24, 2.45) is 11.7 Å². The molecule has 0 aromatic carbocycles. The first-order valence-corrected chi connectivity index (χ1v) is 7.21. The van der Waals surface area contributed by atoms with Gasteiger partial charge in [-0.05, 0) is 45.4 Å². The van der Waals surface area contributed by atoms with E-state index in [0.717, 1.165) is 25.7 Å². The zero-order valence-corrected chi connectivity index (χ0v) is 12.1. The number of nitrogens with one attached hydrogen (secondary N) is 1. The van der Waals surface area contributed by atoms with Gasteiger partial charge in [0.2, 0.25) is 11.8 Å². The number of nitrogens with zero attached hydrogens (tertiary/aromatic N) is 1. The molecule has 1 heterocycles. The molecule has 0 bridgehead atoms. The van der Waals surface area contributed by atoms with Gasteiger partial charge in [0.25, 0.3) is 5.91 Å². The first kappa shape index (κ1) is 15.0. The molecule has 1 saturated carbocycles. The third-order valence-corrected chi connectivity index (χ3v) is 4.44. The van der Waals surface area contributed by atoms with E-state index in [4.69, 9.17) is 5.73 Å². The van der Waals surface area contributed by atoms with Gasteiger partial charge in [-0.25, -0.2) is 0 Å². The molecule has 3 amide bonds. The second-order valence-corrected chi connectivity index (χ2v) is 6.40. The van der Waals surface area contributed by atoms with E-state index in [2.05, 4.69) is 5.32 Å². The Morgan fingerprint density at radius 2 is 1.90 bits per heavy atom. The summed E-state index contributed by atoms with van der Waals surface area (Å²) in [5.41, 5.74) is 4.89. The van der Waals surface area contributed by atoms with E-state index in [1.54, 1.807) is 13.8 Å². The standard InChI is InChI=1S/C14H23N3O3/c1-14(2)13(20)16-11(18)8-17(14)12(19)7-9-3-5-10(15)6-4-9/h9-10H,3-8,15H2,1-2H3,(H,16,18,20). The van der Waals surface area contributed by atoms with E-state index in [1.807, 2.05) is 0 Å². The fraction of sp³-hybridized carbons (Fsp3) is 0.786. The smallest absolute Gasteiger partial charge is 0.252 e. The summed E-state index contributed by atoms with van der Waals surface area (Å²) in [5, 5.41) is 2.28. The summed E-state index contributed by atoms with van der Waals surface area (Å²) in [6, 6.07) is 0.250. The second kappa shape index (κ2) is 5.52. The van der Waals surface area contributed by atoms with Gasteiger partial charge < -0.3 is 10.6 Å². The summed E-state index contributed by atoms with van der Waals surface area (Å²) in [7, 11) is 0. The van der Waals surface area contributed by atoms with E-state index in [1.165, 1.54) is 4.90 Å². The van der Waals surface area contributed by atoms with Crippen LogP contribution >= 0.6 is 0 Å². The van der Waals surface area contributed by atoms with E-state index in [0.29, 0.717) is 12.3 Å². The largest absolute Gasteiger partial charge is 0.328 e. The number of piperazine rings is 1. The fourth-order valence-electron chi connectivity index (χ4n) is 2.93. The minimum atomic E-state index is -0.962. The molecule has 20 heavy (non-hydrogen) atoms. The molecule has 6 heteroatoms. The quantitative estimate of drug-likeness (QED) is 0.705. The number of carbonyl (C=O) groups is 3. The van der Waals surface area contributed by atoms with Crippen LogP contribution in [0.1, 0.15) is 46.0 Å².